The van der Waals surface area contributed by atoms with Crippen LogP contribution in [0.25, 0.3) is 10.9 Å². The van der Waals surface area contributed by atoms with Gasteiger partial charge in [0, 0.05) is 29.4 Å². The maximum atomic E-state index is 12.9. The van der Waals surface area contributed by atoms with E-state index in [0.717, 1.165) is 41.9 Å². The Bertz CT molecular complexity index is 1150. The van der Waals surface area contributed by atoms with Crippen LogP contribution in [-0.4, -0.2) is 27.8 Å². The normalized spacial score (nSPS) is 19.1. The summed E-state index contributed by atoms with van der Waals surface area (Å²) < 4.78 is 46.2. The number of ether oxygens (including phenoxy) is 1. The molecular weight excluding hydrogens is 433 g/mol. The topological polar surface area (TPSA) is 69.0 Å². The number of fused-ring (bicyclic) bond motifs is 1. The monoisotopic (exact) mass is 460 g/mol. The SMILES string of the molecule is COc1cc2nn([C@H]3CC[C@H](C(C)C)CC3)cc2cc1NC(=O)c1ccnc(C(F)(F)F)c1. The maximum Gasteiger partial charge on any atom is 0.433 e. The van der Waals surface area contributed by atoms with Crippen LogP contribution < -0.4 is 10.1 Å². The van der Waals surface area contributed by atoms with Crippen LogP contribution >= 0.6 is 0 Å². The number of anilines is 1. The highest BCUT2D eigenvalue weighted by Crippen LogP contribution is 2.37. The summed E-state index contributed by atoms with van der Waals surface area (Å²) in [5, 5.41) is 8.20. The van der Waals surface area contributed by atoms with Gasteiger partial charge in [-0.1, -0.05) is 13.8 Å². The van der Waals surface area contributed by atoms with E-state index in [-0.39, 0.29) is 5.56 Å². The highest BCUT2D eigenvalue weighted by atomic mass is 19.4. The number of hydrogen-bond donors (Lipinski definition) is 1. The van der Waals surface area contributed by atoms with E-state index >= 15 is 0 Å². The van der Waals surface area contributed by atoms with Gasteiger partial charge < -0.3 is 10.1 Å². The molecule has 176 valence electrons. The van der Waals surface area contributed by atoms with E-state index in [1.807, 2.05) is 10.9 Å². The minimum atomic E-state index is -4.63. The van der Waals surface area contributed by atoms with E-state index in [9.17, 15) is 18.0 Å². The molecule has 0 saturated heterocycles. The molecule has 0 radical (unpaired) electrons. The highest BCUT2D eigenvalue weighted by molar-refractivity contribution is 6.06. The smallest absolute Gasteiger partial charge is 0.433 e. The Balaban J connectivity index is 1.56. The lowest BCUT2D eigenvalue weighted by molar-refractivity contribution is -0.141. The second-order valence-electron chi connectivity index (χ2n) is 8.91. The van der Waals surface area contributed by atoms with Crippen molar-refractivity contribution in [3.63, 3.8) is 0 Å². The van der Waals surface area contributed by atoms with Gasteiger partial charge in [-0.05, 0) is 55.7 Å². The van der Waals surface area contributed by atoms with Crippen molar-refractivity contribution in [3.05, 3.63) is 47.9 Å². The molecule has 0 atom stereocenters. The third kappa shape index (κ3) is 4.96. The summed E-state index contributed by atoms with van der Waals surface area (Å²) in [6.07, 6.45) is 2.79. The quantitative estimate of drug-likeness (QED) is 0.500. The van der Waals surface area contributed by atoms with E-state index in [2.05, 4.69) is 24.1 Å². The Morgan fingerprint density at radius 2 is 1.91 bits per heavy atom. The highest BCUT2D eigenvalue weighted by Gasteiger charge is 2.33. The predicted molar refractivity (Wildman–Crippen MR) is 119 cm³/mol. The van der Waals surface area contributed by atoms with Crippen LogP contribution in [0.2, 0.25) is 0 Å². The van der Waals surface area contributed by atoms with Crippen LogP contribution in [0.15, 0.2) is 36.7 Å². The number of hydrogen-bond acceptors (Lipinski definition) is 4. The number of carbonyl (C=O) groups is 1. The fraction of sp³-hybridized carbons (Fsp3) is 0.458. The number of methoxy groups -OCH3 is 1. The van der Waals surface area contributed by atoms with Gasteiger partial charge in [0.1, 0.15) is 11.4 Å². The number of nitrogens with zero attached hydrogens (tertiary/aromatic N) is 3. The molecule has 1 saturated carbocycles. The number of pyridine rings is 1. The van der Waals surface area contributed by atoms with Crippen LogP contribution in [-0.2, 0) is 6.18 Å². The van der Waals surface area contributed by atoms with Gasteiger partial charge in [0.2, 0.25) is 0 Å². The summed E-state index contributed by atoms with van der Waals surface area (Å²) in [4.78, 5) is 15.9. The summed E-state index contributed by atoms with van der Waals surface area (Å²) in [6.45, 7) is 4.54. The zero-order valence-electron chi connectivity index (χ0n) is 18.8. The fourth-order valence-corrected chi connectivity index (χ4v) is 4.48. The van der Waals surface area contributed by atoms with Crippen molar-refractivity contribution in [3.8, 4) is 5.75 Å². The number of nitrogens with one attached hydrogen (secondary N) is 1. The van der Waals surface area contributed by atoms with Gasteiger partial charge in [-0.3, -0.25) is 14.5 Å². The van der Waals surface area contributed by atoms with Gasteiger partial charge in [0.05, 0.1) is 24.4 Å². The number of benzene rings is 1. The molecule has 3 aromatic rings. The summed E-state index contributed by atoms with van der Waals surface area (Å²) in [5.41, 5.74) is -0.161. The molecule has 1 amide bonds. The van der Waals surface area contributed by atoms with Crippen LogP contribution in [0.5, 0.6) is 5.75 Å². The Labute approximate surface area is 190 Å². The lowest BCUT2D eigenvalue weighted by Gasteiger charge is -2.30. The molecule has 6 nitrogen and oxygen atoms in total. The molecule has 2 heterocycles. The zero-order chi connectivity index (χ0) is 23.8. The van der Waals surface area contributed by atoms with Crippen molar-refractivity contribution in [2.45, 2.75) is 51.7 Å². The number of aromatic nitrogens is 3. The molecule has 4 rings (SSSR count). The average Bonchev–Trinajstić information content (AvgIpc) is 3.21. The van der Waals surface area contributed by atoms with E-state index < -0.39 is 17.8 Å². The van der Waals surface area contributed by atoms with Crippen molar-refractivity contribution >= 4 is 22.5 Å². The van der Waals surface area contributed by atoms with Gasteiger partial charge in [0.25, 0.3) is 5.91 Å². The molecule has 0 spiro atoms. The molecule has 0 bridgehead atoms. The first-order valence-corrected chi connectivity index (χ1v) is 11.1. The number of alkyl halides is 3. The van der Waals surface area contributed by atoms with Crippen LogP contribution in [0.4, 0.5) is 18.9 Å². The molecule has 2 aromatic heterocycles. The molecule has 0 unspecified atom stereocenters. The molecule has 33 heavy (non-hydrogen) atoms. The maximum absolute atomic E-state index is 12.9. The molecule has 9 heteroatoms. The van der Waals surface area contributed by atoms with Crippen LogP contribution in [0.1, 0.15) is 61.6 Å². The number of carbonyl (C=O) groups excluding carboxylic acids is 1. The Morgan fingerprint density at radius 3 is 2.55 bits per heavy atom. The molecular formula is C24H27F3N4O2. The lowest BCUT2D eigenvalue weighted by atomic mass is 9.80. The molecule has 1 fully saturated rings. The first-order valence-electron chi connectivity index (χ1n) is 11.1. The molecule has 1 aromatic carbocycles. The lowest BCUT2D eigenvalue weighted by Crippen LogP contribution is -2.21. The van der Waals surface area contributed by atoms with Crippen molar-refractivity contribution in [2.24, 2.45) is 11.8 Å². The fourth-order valence-electron chi connectivity index (χ4n) is 4.48. The van der Waals surface area contributed by atoms with Gasteiger partial charge in [-0.15, -0.1) is 0 Å². The van der Waals surface area contributed by atoms with Crippen LogP contribution in [0.3, 0.4) is 0 Å². The summed E-state index contributed by atoms with van der Waals surface area (Å²) >= 11 is 0. The predicted octanol–water partition coefficient (Wildman–Crippen LogP) is 6.10. The summed E-state index contributed by atoms with van der Waals surface area (Å²) in [7, 11) is 1.47. The van der Waals surface area contributed by atoms with Gasteiger partial charge >= 0.3 is 6.18 Å². The third-order valence-electron chi connectivity index (χ3n) is 6.46. The Morgan fingerprint density at radius 1 is 1.18 bits per heavy atom. The second kappa shape index (κ2) is 9.03. The van der Waals surface area contributed by atoms with Gasteiger partial charge in [-0.2, -0.15) is 18.3 Å². The third-order valence-corrected chi connectivity index (χ3v) is 6.46. The number of amides is 1. The van der Waals surface area contributed by atoms with E-state index in [4.69, 9.17) is 9.84 Å². The first kappa shape index (κ1) is 23.1. The molecule has 1 N–H and O–H groups in total. The number of halogens is 3. The van der Waals surface area contributed by atoms with E-state index in [1.165, 1.54) is 26.0 Å². The standard InChI is InChI=1S/C24H27F3N4O2/c1-14(2)15-4-6-18(7-5-15)31-13-17-10-20(21(33-3)12-19(17)30-31)29-23(32)16-8-9-28-22(11-16)24(25,26)27/h8-15,18H,4-7H2,1-3H3,(H,29,32)/t15-,18-. The van der Waals surface area contributed by atoms with Crippen molar-refractivity contribution in [2.75, 3.05) is 12.4 Å². The van der Waals surface area contributed by atoms with Gasteiger partial charge in [0.15, 0.2) is 0 Å². The van der Waals surface area contributed by atoms with Crippen LogP contribution in [0, 0.1) is 11.8 Å². The minimum absolute atomic E-state index is 0.142. The molecule has 1 aliphatic rings. The minimum Gasteiger partial charge on any atom is -0.494 e. The van der Waals surface area contributed by atoms with Crippen molar-refractivity contribution in [1.29, 1.82) is 0 Å². The van der Waals surface area contributed by atoms with Gasteiger partial charge in [-0.25, -0.2) is 0 Å². The Kier molecular flexibility index (Phi) is 6.32. The van der Waals surface area contributed by atoms with Crippen molar-refractivity contribution in [1.82, 2.24) is 14.8 Å². The summed E-state index contributed by atoms with van der Waals surface area (Å²) in [5.74, 6) is 1.14. The average molecular weight is 461 g/mol. The zero-order valence-corrected chi connectivity index (χ0v) is 18.8. The second-order valence-corrected chi connectivity index (χ2v) is 8.91. The van der Waals surface area contributed by atoms with Crippen molar-refractivity contribution < 1.29 is 22.7 Å². The molecule has 1 aliphatic carbocycles. The van der Waals surface area contributed by atoms with E-state index in [1.54, 1.807) is 12.1 Å². The Hall–Kier alpha value is -3.10. The largest absolute Gasteiger partial charge is 0.494 e. The van der Waals surface area contributed by atoms with E-state index in [0.29, 0.717) is 23.4 Å². The summed E-state index contributed by atoms with van der Waals surface area (Å²) in [6, 6.07) is 5.76. The molecule has 0 aliphatic heterocycles. The number of rotatable bonds is 5. The first-order chi connectivity index (χ1) is 15.7.